The molecule has 0 fully saturated rings. The van der Waals surface area contributed by atoms with Gasteiger partial charge in [0.05, 0.1) is 0 Å². The summed E-state index contributed by atoms with van der Waals surface area (Å²) in [6, 6.07) is 0. The van der Waals surface area contributed by atoms with Crippen molar-refractivity contribution in [2.45, 2.75) is 84.0 Å². The molecule has 0 amide bonds. The Morgan fingerprint density at radius 3 is 1.27 bits per heavy atom. The van der Waals surface area contributed by atoms with Gasteiger partial charge in [-0.2, -0.15) is 0 Å². The van der Waals surface area contributed by atoms with Crippen molar-refractivity contribution in [1.82, 2.24) is 0 Å². The number of rotatable bonds is 11. The molecule has 91 valence electrons. The van der Waals surface area contributed by atoms with Crippen LogP contribution in [-0.2, 0) is 0 Å². The molecule has 15 heavy (non-hydrogen) atoms. The molecule has 0 spiro atoms. The van der Waals surface area contributed by atoms with Gasteiger partial charge in [-0.1, -0.05) is 90.9 Å². The first-order valence-electron chi connectivity index (χ1n) is 6.71. The van der Waals surface area contributed by atoms with Crippen molar-refractivity contribution in [3.05, 3.63) is 6.92 Å². The van der Waals surface area contributed by atoms with Gasteiger partial charge in [0.2, 0.25) is 0 Å². The Morgan fingerprint density at radius 2 is 0.933 bits per heavy atom. The summed E-state index contributed by atoms with van der Waals surface area (Å²) in [5, 5.41) is 0. The third kappa shape index (κ3) is 17.5. The summed E-state index contributed by atoms with van der Waals surface area (Å²) in [6.45, 7) is 6.14. The fourth-order valence-corrected chi connectivity index (χ4v) is 1.84. The van der Waals surface area contributed by atoms with E-state index >= 15 is 0 Å². The minimum atomic E-state index is 0. The van der Waals surface area contributed by atoms with E-state index in [1.165, 1.54) is 70.6 Å². The van der Waals surface area contributed by atoms with E-state index in [0.717, 1.165) is 6.42 Å². The first kappa shape index (κ1) is 18.3. The third-order valence-corrected chi connectivity index (χ3v) is 2.85. The van der Waals surface area contributed by atoms with Crippen LogP contribution in [0, 0.1) is 6.92 Å². The molecule has 0 N–H and O–H groups in total. The van der Waals surface area contributed by atoms with Crippen LogP contribution in [0.1, 0.15) is 84.0 Å². The van der Waals surface area contributed by atoms with Crippen LogP contribution in [0.15, 0.2) is 0 Å². The second-order valence-electron chi connectivity index (χ2n) is 4.39. The van der Waals surface area contributed by atoms with Gasteiger partial charge in [0, 0.05) is 0 Å². The summed E-state index contributed by atoms with van der Waals surface area (Å²) in [4.78, 5) is 0. The predicted octanol–water partition coefficient (Wildman–Crippen LogP) is 4.61. The molecule has 0 aliphatic heterocycles. The molecule has 0 aromatic rings. The van der Waals surface area contributed by atoms with Crippen LogP contribution >= 0.6 is 0 Å². The van der Waals surface area contributed by atoms with Crippen molar-refractivity contribution in [2.24, 2.45) is 0 Å². The first-order chi connectivity index (χ1) is 6.91. The molecule has 0 unspecified atom stereocenters. The molecule has 0 saturated carbocycles. The second-order valence-corrected chi connectivity index (χ2v) is 4.39. The van der Waals surface area contributed by atoms with Gasteiger partial charge >= 0.3 is 27.3 Å². The van der Waals surface area contributed by atoms with Gasteiger partial charge in [-0.05, 0) is 0 Å². The zero-order chi connectivity index (χ0) is 10.5. The molecule has 0 heterocycles. The van der Waals surface area contributed by atoms with Crippen molar-refractivity contribution >= 4 is 27.3 Å². The standard InChI is InChI=1S/C14H29.Pb.2H/c1-3-5-7-9-11-13-14-12-10-8-6-4-2;;;/h1,3-14H2,2H3;;;. The van der Waals surface area contributed by atoms with Crippen LogP contribution < -0.4 is 0 Å². The zero-order valence-electron chi connectivity index (χ0n) is 10.9. The maximum atomic E-state index is 3.86. The monoisotopic (exact) mass is 407 g/mol. The van der Waals surface area contributed by atoms with Crippen molar-refractivity contribution in [2.75, 3.05) is 0 Å². The van der Waals surface area contributed by atoms with Crippen molar-refractivity contribution < 1.29 is 0 Å². The first-order valence-corrected chi connectivity index (χ1v) is 6.71. The van der Waals surface area contributed by atoms with E-state index in [2.05, 4.69) is 13.8 Å². The number of unbranched alkanes of at least 4 members (excludes halogenated alkanes) is 11. The Bertz CT molecular complexity index is 79.3. The summed E-state index contributed by atoms with van der Waals surface area (Å²) in [5.41, 5.74) is 0. The molecule has 0 aliphatic carbocycles. The Morgan fingerprint density at radius 1 is 0.600 bits per heavy atom. The molecule has 0 aliphatic rings. The van der Waals surface area contributed by atoms with Crippen LogP contribution in [0.4, 0.5) is 0 Å². The van der Waals surface area contributed by atoms with Gasteiger partial charge in [-0.25, -0.2) is 0 Å². The van der Waals surface area contributed by atoms with Crippen LogP contribution in [0.5, 0.6) is 0 Å². The van der Waals surface area contributed by atoms with E-state index in [1.807, 2.05) is 0 Å². The van der Waals surface area contributed by atoms with Crippen LogP contribution in [0.2, 0.25) is 0 Å². The summed E-state index contributed by atoms with van der Waals surface area (Å²) in [5.74, 6) is 0. The quantitative estimate of drug-likeness (QED) is 0.347. The average Bonchev–Trinajstić information content (AvgIpc) is 2.21. The fourth-order valence-electron chi connectivity index (χ4n) is 1.84. The zero-order valence-corrected chi connectivity index (χ0v) is 16.4. The topological polar surface area (TPSA) is 0 Å². The van der Waals surface area contributed by atoms with Crippen LogP contribution in [-0.4, -0.2) is 27.3 Å². The predicted molar refractivity (Wildman–Crippen MR) is 75.0 cm³/mol. The Balaban J connectivity index is 0. The normalized spacial score (nSPS) is 10.0. The SMILES string of the molecule is [CH2]CCCCCCCCCCCCC.[PbH2]. The van der Waals surface area contributed by atoms with Crippen molar-refractivity contribution in [3.8, 4) is 0 Å². The van der Waals surface area contributed by atoms with E-state index in [-0.39, 0.29) is 27.3 Å². The van der Waals surface area contributed by atoms with Gasteiger partial charge in [-0.3, -0.25) is 0 Å². The molecule has 0 nitrogen and oxygen atoms in total. The molecule has 0 aromatic carbocycles. The van der Waals surface area contributed by atoms with Gasteiger partial charge in [0.15, 0.2) is 0 Å². The van der Waals surface area contributed by atoms with E-state index < -0.39 is 0 Å². The maximum absolute atomic E-state index is 3.86. The summed E-state index contributed by atoms with van der Waals surface area (Å²) in [7, 11) is 0. The fraction of sp³-hybridized carbons (Fsp3) is 0.929. The molecular weight excluding hydrogens is 375 g/mol. The third-order valence-electron chi connectivity index (χ3n) is 2.85. The van der Waals surface area contributed by atoms with Gasteiger partial charge in [-0.15, -0.1) is 0 Å². The Labute approximate surface area is 118 Å². The van der Waals surface area contributed by atoms with E-state index in [9.17, 15) is 0 Å². The summed E-state index contributed by atoms with van der Waals surface area (Å²) in [6.07, 6.45) is 16.9. The molecule has 0 rings (SSSR count). The molecule has 0 saturated heterocycles. The second kappa shape index (κ2) is 17.3. The molecule has 3 radical (unpaired) electrons. The Hall–Kier alpha value is 0.922. The van der Waals surface area contributed by atoms with Crippen molar-refractivity contribution in [3.63, 3.8) is 0 Å². The van der Waals surface area contributed by atoms with E-state index in [0.29, 0.717) is 0 Å². The average molecular weight is 407 g/mol. The van der Waals surface area contributed by atoms with Crippen LogP contribution in [0.25, 0.3) is 0 Å². The molecular formula is C14H31Pb. The molecule has 0 bridgehead atoms. The summed E-state index contributed by atoms with van der Waals surface area (Å²) < 4.78 is 0. The molecule has 0 aromatic heterocycles. The molecule has 0 atom stereocenters. The van der Waals surface area contributed by atoms with Gasteiger partial charge in [0.1, 0.15) is 0 Å². The van der Waals surface area contributed by atoms with E-state index in [1.54, 1.807) is 0 Å². The number of hydrogen-bond donors (Lipinski definition) is 0. The Kier molecular flexibility index (Phi) is 21.1. The minimum absolute atomic E-state index is 0. The summed E-state index contributed by atoms with van der Waals surface area (Å²) >= 11 is 0. The van der Waals surface area contributed by atoms with Crippen LogP contribution in [0.3, 0.4) is 0 Å². The van der Waals surface area contributed by atoms with Gasteiger partial charge < -0.3 is 0 Å². The van der Waals surface area contributed by atoms with E-state index in [4.69, 9.17) is 0 Å². The van der Waals surface area contributed by atoms with Gasteiger partial charge in [0.25, 0.3) is 0 Å². The van der Waals surface area contributed by atoms with Crippen molar-refractivity contribution in [1.29, 1.82) is 0 Å². The molecule has 1 heteroatoms. The number of hydrogen-bond acceptors (Lipinski definition) is 0.